The molecule has 8 atom stereocenters. The molecule has 140 valence electrons. The van der Waals surface area contributed by atoms with Gasteiger partial charge in [-0.25, -0.2) is 0 Å². The van der Waals surface area contributed by atoms with Crippen molar-refractivity contribution in [1.82, 2.24) is 0 Å². The van der Waals surface area contributed by atoms with Crippen molar-refractivity contribution >= 4 is 0 Å². The Balaban J connectivity index is 1.77. The first kappa shape index (κ1) is 18.5. The minimum atomic E-state index is -0.883. The van der Waals surface area contributed by atoms with Crippen molar-refractivity contribution in [3.05, 3.63) is 0 Å². The van der Waals surface area contributed by atoms with Crippen molar-refractivity contribution in [2.24, 2.45) is 11.8 Å². The fraction of sp³-hybridized carbons (Fsp3) is 1.00. The summed E-state index contributed by atoms with van der Waals surface area (Å²) in [6, 6.07) is 0. The van der Waals surface area contributed by atoms with Gasteiger partial charge >= 0.3 is 0 Å². The lowest BCUT2D eigenvalue weighted by Crippen LogP contribution is -2.61. The molecule has 1 saturated carbocycles. The molecule has 1 aliphatic carbocycles. The van der Waals surface area contributed by atoms with E-state index in [1.807, 2.05) is 13.8 Å². The number of rotatable bonds is 4. The van der Waals surface area contributed by atoms with Crippen LogP contribution in [0.1, 0.15) is 54.4 Å². The van der Waals surface area contributed by atoms with E-state index in [9.17, 15) is 10.2 Å². The maximum atomic E-state index is 10.8. The van der Waals surface area contributed by atoms with Gasteiger partial charge < -0.3 is 29.2 Å². The summed E-state index contributed by atoms with van der Waals surface area (Å²) in [6.07, 6.45) is -2.78. The molecule has 2 N–H and O–H groups in total. The fourth-order valence-corrected chi connectivity index (χ4v) is 4.58. The van der Waals surface area contributed by atoms with E-state index in [4.69, 9.17) is 18.9 Å². The third-order valence-electron chi connectivity index (χ3n) is 5.09. The summed E-state index contributed by atoms with van der Waals surface area (Å²) in [4.78, 5) is 0. The minimum Gasteiger partial charge on any atom is -0.387 e. The summed E-state index contributed by atoms with van der Waals surface area (Å²) in [6.45, 7) is 12.1. The lowest BCUT2D eigenvalue weighted by atomic mass is 9.85. The molecule has 0 aromatic heterocycles. The third kappa shape index (κ3) is 3.24. The zero-order valence-electron chi connectivity index (χ0n) is 15.6. The number of ether oxygens (including phenoxy) is 4. The van der Waals surface area contributed by atoms with Crippen molar-refractivity contribution < 1.29 is 29.2 Å². The van der Waals surface area contributed by atoms with Crippen LogP contribution < -0.4 is 0 Å². The van der Waals surface area contributed by atoms with Gasteiger partial charge in [-0.1, -0.05) is 27.7 Å². The molecule has 2 heterocycles. The van der Waals surface area contributed by atoms with E-state index in [0.29, 0.717) is 24.7 Å². The van der Waals surface area contributed by atoms with Gasteiger partial charge in [0.2, 0.25) is 0 Å². The van der Waals surface area contributed by atoms with Crippen molar-refractivity contribution in [3.63, 3.8) is 0 Å². The molecule has 0 amide bonds. The van der Waals surface area contributed by atoms with Crippen LogP contribution in [0, 0.1) is 11.8 Å². The van der Waals surface area contributed by atoms with Crippen LogP contribution in [0.25, 0.3) is 0 Å². The monoisotopic (exact) mass is 344 g/mol. The van der Waals surface area contributed by atoms with Crippen LogP contribution in [0.15, 0.2) is 0 Å². The van der Waals surface area contributed by atoms with Gasteiger partial charge in [-0.3, -0.25) is 0 Å². The summed E-state index contributed by atoms with van der Waals surface area (Å²) in [7, 11) is 0. The second-order valence-electron chi connectivity index (χ2n) is 8.77. The van der Waals surface area contributed by atoms with Crippen LogP contribution >= 0.6 is 0 Å². The SMILES string of the molecule is CC(C)CC1(C)O[C@@H]2[C@@H](O)[C@@H]3OC(C)(CC(C)C)O[C@H]3[C@H](O)[C@@H]2O1. The molecule has 0 aromatic carbocycles. The topological polar surface area (TPSA) is 77.4 Å². The number of fused-ring (bicyclic) bond motifs is 2. The van der Waals surface area contributed by atoms with Crippen molar-refractivity contribution in [3.8, 4) is 0 Å². The molecular weight excluding hydrogens is 312 g/mol. The van der Waals surface area contributed by atoms with Gasteiger partial charge in [-0.05, 0) is 25.7 Å². The van der Waals surface area contributed by atoms with Crippen LogP contribution in [0.2, 0.25) is 0 Å². The van der Waals surface area contributed by atoms with E-state index in [1.54, 1.807) is 0 Å². The summed E-state index contributed by atoms with van der Waals surface area (Å²) in [5.74, 6) is -0.840. The molecular formula is C18H32O6. The van der Waals surface area contributed by atoms with Crippen LogP contribution in [0.3, 0.4) is 0 Å². The van der Waals surface area contributed by atoms with Gasteiger partial charge in [-0.15, -0.1) is 0 Å². The second-order valence-corrected chi connectivity index (χ2v) is 8.77. The molecule has 2 aliphatic heterocycles. The highest BCUT2D eigenvalue weighted by atomic mass is 16.8. The molecule has 24 heavy (non-hydrogen) atoms. The predicted molar refractivity (Wildman–Crippen MR) is 87.2 cm³/mol. The van der Waals surface area contributed by atoms with Gasteiger partial charge in [0.25, 0.3) is 0 Å². The van der Waals surface area contributed by atoms with Gasteiger partial charge in [0.05, 0.1) is 0 Å². The summed E-state index contributed by atoms with van der Waals surface area (Å²) in [5, 5.41) is 21.6. The van der Waals surface area contributed by atoms with Crippen molar-refractivity contribution in [2.45, 2.75) is 103 Å². The maximum Gasteiger partial charge on any atom is 0.167 e. The Labute approximate surface area is 144 Å². The smallest absolute Gasteiger partial charge is 0.167 e. The molecule has 2 saturated heterocycles. The molecule has 6 nitrogen and oxygen atoms in total. The predicted octanol–water partition coefficient (Wildman–Crippen LogP) is 1.81. The quantitative estimate of drug-likeness (QED) is 0.810. The lowest BCUT2D eigenvalue weighted by Gasteiger charge is -2.38. The highest BCUT2D eigenvalue weighted by Gasteiger charge is 2.63. The second kappa shape index (κ2) is 6.18. The van der Waals surface area contributed by atoms with Crippen molar-refractivity contribution in [2.75, 3.05) is 0 Å². The first-order valence-electron chi connectivity index (χ1n) is 9.11. The van der Waals surface area contributed by atoms with E-state index in [0.717, 1.165) is 0 Å². The zero-order valence-corrected chi connectivity index (χ0v) is 15.6. The minimum absolute atomic E-state index is 0.380. The Morgan fingerprint density at radius 2 is 0.917 bits per heavy atom. The number of hydrogen-bond acceptors (Lipinski definition) is 6. The van der Waals surface area contributed by atoms with E-state index >= 15 is 0 Å². The standard InChI is InChI=1S/C18H32O6/c1-9(2)7-17(5)21-13-11(19)15-16(12(20)14(13)22-17)24-18(6,23-15)8-10(3)4/h9-16,19-20H,7-8H2,1-6H3/t11-,12-,13-,14-,15-,16+,17?,18?/m0/s1. The number of aliphatic hydroxyl groups is 2. The molecule has 3 rings (SSSR count). The van der Waals surface area contributed by atoms with Gasteiger partial charge in [-0.2, -0.15) is 0 Å². The molecule has 3 fully saturated rings. The number of hydrogen-bond donors (Lipinski definition) is 2. The molecule has 0 aromatic rings. The Bertz CT molecular complexity index is 398. The molecule has 3 aliphatic rings. The van der Waals surface area contributed by atoms with Crippen molar-refractivity contribution in [1.29, 1.82) is 0 Å². The third-order valence-corrected chi connectivity index (χ3v) is 5.09. The summed E-state index contributed by atoms with van der Waals surface area (Å²) >= 11 is 0. The van der Waals surface area contributed by atoms with E-state index in [1.165, 1.54) is 0 Å². The molecule has 0 bridgehead atoms. The largest absolute Gasteiger partial charge is 0.387 e. The Kier molecular flexibility index (Phi) is 4.78. The molecule has 0 spiro atoms. The van der Waals surface area contributed by atoms with Gasteiger partial charge in [0, 0.05) is 12.8 Å². The summed E-state index contributed by atoms with van der Waals surface area (Å²) < 4.78 is 24.1. The van der Waals surface area contributed by atoms with Crippen LogP contribution in [-0.4, -0.2) is 58.4 Å². The Morgan fingerprint density at radius 3 is 1.12 bits per heavy atom. The van der Waals surface area contributed by atoms with Gasteiger partial charge in [0.1, 0.15) is 36.6 Å². The van der Waals surface area contributed by atoms with Crippen LogP contribution in [0.5, 0.6) is 0 Å². The molecule has 2 unspecified atom stereocenters. The average Bonchev–Trinajstić information content (AvgIpc) is 2.93. The normalized spacial score (nSPS) is 51.2. The lowest BCUT2D eigenvalue weighted by molar-refractivity contribution is -0.204. The zero-order chi connectivity index (χ0) is 17.9. The Morgan fingerprint density at radius 1 is 0.667 bits per heavy atom. The Hall–Kier alpha value is -0.240. The highest BCUT2D eigenvalue weighted by molar-refractivity contribution is 5.08. The van der Waals surface area contributed by atoms with E-state index in [-0.39, 0.29) is 0 Å². The number of aliphatic hydroxyl groups excluding tert-OH is 2. The first-order chi connectivity index (χ1) is 11.0. The van der Waals surface area contributed by atoms with Crippen LogP contribution in [-0.2, 0) is 18.9 Å². The average molecular weight is 344 g/mol. The molecule has 6 heteroatoms. The van der Waals surface area contributed by atoms with E-state index in [2.05, 4.69) is 27.7 Å². The maximum absolute atomic E-state index is 10.8. The highest BCUT2D eigenvalue weighted by Crippen LogP contribution is 2.46. The van der Waals surface area contributed by atoms with Gasteiger partial charge in [0.15, 0.2) is 11.6 Å². The first-order valence-corrected chi connectivity index (χ1v) is 9.11. The fourth-order valence-electron chi connectivity index (χ4n) is 4.58. The summed E-state index contributed by atoms with van der Waals surface area (Å²) in [5.41, 5.74) is 0. The van der Waals surface area contributed by atoms with E-state index < -0.39 is 48.2 Å². The molecule has 0 radical (unpaired) electrons. The van der Waals surface area contributed by atoms with Crippen LogP contribution in [0.4, 0.5) is 0 Å².